The highest BCUT2D eigenvalue weighted by Crippen LogP contribution is 2.21. The number of carbonyl (C=O) groups is 2. The maximum atomic E-state index is 13.5. The first-order chi connectivity index (χ1) is 9.64. The van der Waals surface area contributed by atoms with Gasteiger partial charge < -0.3 is 20.4 Å². The SMILES string of the molecule is O=C(O)C(F)(F)F.O=C1[C@H](O)CCN1[C@@H]1CCNC[C@H]1F. The van der Waals surface area contributed by atoms with Crippen LogP contribution < -0.4 is 5.32 Å². The molecule has 0 aliphatic carbocycles. The molecule has 0 aromatic heterocycles. The number of rotatable bonds is 1. The summed E-state index contributed by atoms with van der Waals surface area (Å²) in [5.41, 5.74) is 0. The van der Waals surface area contributed by atoms with Crippen molar-refractivity contribution < 1.29 is 37.4 Å². The minimum absolute atomic E-state index is 0.306. The van der Waals surface area contributed by atoms with Gasteiger partial charge in [-0.15, -0.1) is 0 Å². The second-order valence-corrected chi connectivity index (χ2v) is 4.72. The predicted molar refractivity (Wildman–Crippen MR) is 62.2 cm³/mol. The van der Waals surface area contributed by atoms with Gasteiger partial charge in [0.2, 0.25) is 0 Å². The molecule has 122 valence electrons. The number of hydrogen-bond donors (Lipinski definition) is 3. The zero-order valence-corrected chi connectivity index (χ0v) is 10.9. The summed E-state index contributed by atoms with van der Waals surface area (Å²) >= 11 is 0. The Hall–Kier alpha value is -1.42. The van der Waals surface area contributed by atoms with Crippen LogP contribution in [0, 0.1) is 0 Å². The third-order valence-corrected chi connectivity index (χ3v) is 3.23. The number of aliphatic hydroxyl groups is 1. The second kappa shape index (κ2) is 7.03. The van der Waals surface area contributed by atoms with Gasteiger partial charge in [-0.2, -0.15) is 13.2 Å². The summed E-state index contributed by atoms with van der Waals surface area (Å²) < 4.78 is 45.2. The van der Waals surface area contributed by atoms with Gasteiger partial charge >= 0.3 is 12.1 Å². The van der Waals surface area contributed by atoms with E-state index in [0.717, 1.165) is 6.54 Å². The third kappa shape index (κ3) is 4.81. The Labute approximate surface area is 117 Å². The van der Waals surface area contributed by atoms with E-state index in [4.69, 9.17) is 9.90 Å². The highest BCUT2D eigenvalue weighted by atomic mass is 19.4. The van der Waals surface area contributed by atoms with Crippen LogP contribution in [-0.2, 0) is 9.59 Å². The number of carboxylic acid groups (broad SMARTS) is 1. The lowest BCUT2D eigenvalue weighted by atomic mass is 10.0. The Morgan fingerprint density at radius 1 is 1.33 bits per heavy atom. The fourth-order valence-electron chi connectivity index (χ4n) is 2.17. The summed E-state index contributed by atoms with van der Waals surface area (Å²) in [5, 5.41) is 19.3. The van der Waals surface area contributed by atoms with Gasteiger partial charge in [-0.25, -0.2) is 9.18 Å². The van der Waals surface area contributed by atoms with Crippen LogP contribution in [0.15, 0.2) is 0 Å². The van der Waals surface area contributed by atoms with Gasteiger partial charge in [-0.05, 0) is 19.4 Å². The Morgan fingerprint density at radius 2 is 1.90 bits per heavy atom. The number of aliphatic carboxylic acids is 1. The molecule has 0 saturated carbocycles. The van der Waals surface area contributed by atoms with Crippen molar-refractivity contribution in [3.63, 3.8) is 0 Å². The van der Waals surface area contributed by atoms with Crippen LogP contribution in [0.25, 0.3) is 0 Å². The minimum Gasteiger partial charge on any atom is -0.475 e. The van der Waals surface area contributed by atoms with E-state index in [0.29, 0.717) is 25.9 Å². The number of carbonyl (C=O) groups excluding carboxylic acids is 1. The second-order valence-electron chi connectivity index (χ2n) is 4.72. The van der Waals surface area contributed by atoms with Gasteiger partial charge in [-0.1, -0.05) is 0 Å². The van der Waals surface area contributed by atoms with Crippen molar-refractivity contribution in [2.45, 2.75) is 37.3 Å². The van der Waals surface area contributed by atoms with Crippen molar-refractivity contribution in [2.24, 2.45) is 0 Å². The number of nitrogens with one attached hydrogen (secondary N) is 1. The number of hydrogen-bond acceptors (Lipinski definition) is 4. The van der Waals surface area contributed by atoms with Crippen molar-refractivity contribution in [3.05, 3.63) is 0 Å². The van der Waals surface area contributed by atoms with E-state index in [2.05, 4.69) is 5.32 Å². The van der Waals surface area contributed by atoms with Crippen molar-refractivity contribution in [1.82, 2.24) is 10.2 Å². The molecule has 3 N–H and O–H groups in total. The molecule has 2 rings (SSSR count). The van der Waals surface area contributed by atoms with Gasteiger partial charge in [0, 0.05) is 13.1 Å². The largest absolute Gasteiger partial charge is 0.490 e. The van der Waals surface area contributed by atoms with Crippen LogP contribution in [-0.4, -0.2) is 71.1 Å². The lowest BCUT2D eigenvalue weighted by Gasteiger charge is -2.34. The predicted octanol–water partition coefficient (Wildman–Crippen LogP) is -0.0871. The molecule has 6 nitrogen and oxygen atoms in total. The fourth-order valence-corrected chi connectivity index (χ4v) is 2.17. The van der Waals surface area contributed by atoms with Crippen molar-refractivity contribution in [3.8, 4) is 0 Å². The number of amides is 1. The summed E-state index contributed by atoms with van der Waals surface area (Å²) in [6.07, 6.45) is -5.91. The summed E-state index contributed by atoms with van der Waals surface area (Å²) in [4.78, 5) is 21.8. The van der Waals surface area contributed by atoms with E-state index >= 15 is 0 Å². The molecular formula is C11H16F4N2O4. The minimum atomic E-state index is -5.08. The first kappa shape index (κ1) is 17.6. The van der Waals surface area contributed by atoms with Crippen molar-refractivity contribution >= 4 is 11.9 Å². The van der Waals surface area contributed by atoms with E-state index in [1.165, 1.54) is 4.90 Å². The summed E-state index contributed by atoms with van der Waals surface area (Å²) in [6, 6.07) is -0.332. The number of halogens is 4. The molecule has 0 aromatic rings. The molecule has 0 bridgehead atoms. The Balaban J connectivity index is 0.000000270. The molecular weight excluding hydrogens is 300 g/mol. The average molecular weight is 316 g/mol. The van der Waals surface area contributed by atoms with Gasteiger partial charge in [-0.3, -0.25) is 4.79 Å². The molecule has 21 heavy (non-hydrogen) atoms. The molecule has 1 amide bonds. The zero-order valence-electron chi connectivity index (χ0n) is 10.9. The van der Waals surface area contributed by atoms with Gasteiger partial charge in [0.05, 0.1) is 6.04 Å². The summed E-state index contributed by atoms with van der Waals surface area (Å²) in [6.45, 7) is 1.54. The van der Waals surface area contributed by atoms with E-state index in [1.807, 2.05) is 0 Å². The Bertz CT molecular complexity index is 391. The maximum absolute atomic E-state index is 13.5. The summed E-state index contributed by atoms with van der Waals surface area (Å²) in [5.74, 6) is -3.06. The number of alkyl halides is 4. The molecule has 0 unspecified atom stereocenters. The van der Waals surface area contributed by atoms with Crippen LogP contribution in [0.5, 0.6) is 0 Å². The molecule has 10 heteroatoms. The molecule has 2 aliphatic heterocycles. The molecule has 0 aromatic carbocycles. The topological polar surface area (TPSA) is 89.9 Å². The molecule has 2 saturated heterocycles. The Morgan fingerprint density at radius 3 is 2.29 bits per heavy atom. The molecule has 2 fully saturated rings. The highest BCUT2D eigenvalue weighted by Gasteiger charge is 2.39. The monoisotopic (exact) mass is 316 g/mol. The number of likely N-dealkylation sites (tertiary alicyclic amines) is 1. The number of nitrogens with zero attached hydrogens (tertiary/aromatic N) is 1. The first-order valence-electron chi connectivity index (χ1n) is 6.28. The zero-order chi connectivity index (χ0) is 16.2. The summed E-state index contributed by atoms with van der Waals surface area (Å²) in [7, 11) is 0. The number of piperidine rings is 1. The standard InChI is InChI=1S/C9H15FN2O2.C2HF3O2/c10-6-5-11-3-1-7(6)12-4-2-8(13)9(12)14;3-2(4,5)1(6)7/h6-8,11,13H,1-5H2;(H,6,7)/t6-,7-,8-;/m1./s1. The molecule has 3 atom stereocenters. The Kier molecular flexibility index (Phi) is 5.90. The molecule has 2 heterocycles. The van der Waals surface area contributed by atoms with Crippen molar-refractivity contribution in [1.29, 1.82) is 0 Å². The van der Waals surface area contributed by atoms with E-state index < -0.39 is 24.4 Å². The normalized spacial score (nSPS) is 29.9. The van der Waals surface area contributed by atoms with Gasteiger partial charge in [0.15, 0.2) is 0 Å². The number of carboxylic acids is 1. The van der Waals surface area contributed by atoms with Gasteiger partial charge in [0.1, 0.15) is 12.3 Å². The third-order valence-electron chi connectivity index (χ3n) is 3.23. The quantitative estimate of drug-likeness (QED) is 0.589. The smallest absolute Gasteiger partial charge is 0.475 e. The maximum Gasteiger partial charge on any atom is 0.490 e. The number of aliphatic hydroxyl groups excluding tert-OH is 1. The van der Waals surface area contributed by atoms with Gasteiger partial charge in [0.25, 0.3) is 5.91 Å². The first-order valence-corrected chi connectivity index (χ1v) is 6.28. The highest BCUT2D eigenvalue weighted by molar-refractivity contribution is 5.83. The lowest BCUT2D eigenvalue weighted by molar-refractivity contribution is -0.192. The van der Waals surface area contributed by atoms with E-state index in [-0.39, 0.29) is 11.9 Å². The van der Waals surface area contributed by atoms with E-state index in [1.54, 1.807) is 0 Å². The molecule has 0 radical (unpaired) electrons. The van der Waals surface area contributed by atoms with Crippen LogP contribution in [0.3, 0.4) is 0 Å². The van der Waals surface area contributed by atoms with Crippen LogP contribution >= 0.6 is 0 Å². The van der Waals surface area contributed by atoms with E-state index in [9.17, 15) is 27.5 Å². The van der Waals surface area contributed by atoms with Crippen molar-refractivity contribution in [2.75, 3.05) is 19.6 Å². The van der Waals surface area contributed by atoms with Crippen LogP contribution in [0.4, 0.5) is 17.6 Å². The average Bonchev–Trinajstić information content (AvgIpc) is 2.70. The lowest BCUT2D eigenvalue weighted by Crippen LogP contribution is -2.52. The van der Waals surface area contributed by atoms with Crippen LogP contribution in [0.1, 0.15) is 12.8 Å². The van der Waals surface area contributed by atoms with Crippen LogP contribution in [0.2, 0.25) is 0 Å². The molecule has 2 aliphatic rings. The molecule has 0 spiro atoms. The fraction of sp³-hybridized carbons (Fsp3) is 0.818.